The third kappa shape index (κ3) is 2.87. The topological polar surface area (TPSA) is 79.7 Å². The number of hydrogen-bond acceptors (Lipinski definition) is 5. The normalized spacial score (nSPS) is 18.7. The number of fused-ring (bicyclic) bond motifs is 1. The van der Waals surface area contributed by atoms with E-state index in [2.05, 4.69) is 25.0 Å². The predicted molar refractivity (Wildman–Crippen MR) is 85.8 cm³/mol. The first-order chi connectivity index (χ1) is 11.3. The number of likely N-dealkylation sites (tertiary alicyclic amines) is 1. The van der Waals surface area contributed by atoms with E-state index in [1.807, 2.05) is 22.9 Å². The van der Waals surface area contributed by atoms with Gasteiger partial charge in [0.1, 0.15) is 18.5 Å². The third-order valence-corrected chi connectivity index (χ3v) is 4.38. The number of aromatic nitrogens is 5. The van der Waals surface area contributed by atoms with Gasteiger partial charge < -0.3 is 4.98 Å². The lowest BCUT2D eigenvalue weighted by Gasteiger charge is -2.23. The third-order valence-electron chi connectivity index (χ3n) is 4.38. The Balaban J connectivity index is 1.56. The van der Waals surface area contributed by atoms with Crippen LogP contribution in [0.15, 0.2) is 41.7 Å². The van der Waals surface area contributed by atoms with Gasteiger partial charge in [0.25, 0.3) is 5.56 Å². The van der Waals surface area contributed by atoms with Crippen molar-refractivity contribution in [3.05, 3.63) is 53.1 Å². The molecule has 0 radical (unpaired) electrons. The van der Waals surface area contributed by atoms with Crippen LogP contribution in [0, 0.1) is 0 Å². The average Bonchev–Trinajstić information content (AvgIpc) is 3.21. The molecule has 0 amide bonds. The van der Waals surface area contributed by atoms with E-state index >= 15 is 0 Å². The molecule has 1 aromatic carbocycles. The van der Waals surface area contributed by atoms with Crippen LogP contribution in [0.1, 0.15) is 18.7 Å². The molecule has 1 saturated heterocycles. The zero-order valence-corrected chi connectivity index (χ0v) is 12.7. The molecule has 0 aliphatic carbocycles. The lowest BCUT2D eigenvalue weighted by Crippen LogP contribution is -2.33. The molecule has 7 nitrogen and oxygen atoms in total. The molecule has 7 heteroatoms. The Labute approximate surface area is 133 Å². The summed E-state index contributed by atoms with van der Waals surface area (Å²) in [5.41, 5.74) is 0.677. The van der Waals surface area contributed by atoms with Crippen molar-refractivity contribution >= 4 is 10.9 Å². The first-order valence-electron chi connectivity index (χ1n) is 7.84. The second-order valence-corrected chi connectivity index (χ2v) is 5.91. The zero-order chi connectivity index (χ0) is 15.6. The Hall–Kier alpha value is -2.54. The monoisotopic (exact) mass is 310 g/mol. The summed E-state index contributed by atoms with van der Waals surface area (Å²) in [6, 6.07) is 7.84. The maximum atomic E-state index is 12.2. The van der Waals surface area contributed by atoms with Crippen LogP contribution in [0.5, 0.6) is 0 Å². The number of H-pyrrole nitrogens is 1. The maximum absolute atomic E-state index is 12.2. The molecule has 1 atom stereocenters. The summed E-state index contributed by atoms with van der Waals surface area (Å²) in [6.45, 7) is 2.48. The number of para-hydroxylation sites is 1. The predicted octanol–water partition coefficient (Wildman–Crippen LogP) is 1.18. The van der Waals surface area contributed by atoms with Crippen LogP contribution in [0.25, 0.3) is 10.9 Å². The lowest BCUT2D eigenvalue weighted by atomic mass is 10.2. The summed E-state index contributed by atoms with van der Waals surface area (Å²) in [6.07, 6.45) is 5.57. The smallest absolute Gasteiger partial charge is 0.258 e. The molecule has 1 aliphatic heterocycles. The Morgan fingerprint density at radius 3 is 3.09 bits per heavy atom. The molecule has 0 saturated carbocycles. The van der Waals surface area contributed by atoms with E-state index in [9.17, 15) is 4.79 Å². The molecule has 2 aromatic heterocycles. The summed E-state index contributed by atoms with van der Waals surface area (Å²) in [5.74, 6) is 0.721. The summed E-state index contributed by atoms with van der Waals surface area (Å²) in [4.78, 5) is 26.0. The van der Waals surface area contributed by atoms with Gasteiger partial charge in [0.2, 0.25) is 0 Å². The number of nitrogens with zero attached hydrogens (tertiary/aromatic N) is 5. The van der Waals surface area contributed by atoms with Gasteiger partial charge in [0.15, 0.2) is 0 Å². The number of nitrogens with one attached hydrogen (secondary N) is 1. The maximum Gasteiger partial charge on any atom is 0.258 e. The van der Waals surface area contributed by atoms with E-state index in [0.29, 0.717) is 18.0 Å². The zero-order valence-electron chi connectivity index (χ0n) is 12.7. The van der Waals surface area contributed by atoms with Gasteiger partial charge in [0, 0.05) is 6.04 Å². The Morgan fingerprint density at radius 2 is 2.22 bits per heavy atom. The highest BCUT2D eigenvalue weighted by molar-refractivity contribution is 5.77. The van der Waals surface area contributed by atoms with Crippen molar-refractivity contribution < 1.29 is 0 Å². The van der Waals surface area contributed by atoms with Crippen LogP contribution in [0.4, 0.5) is 0 Å². The highest BCUT2D eigenvalue weighted by atomic mass is 16.1. The van der Waals surface area contributed by atoms with Crippen molar-refractivity contribution in [1.82, 2.24) is 29.6 Å². The Kier molecular flexibility index (Phi) is 3.63. The first kappa shape index (κ1) is 14.1. The second kappa shape index (κ2) is 5.92. The van der Waals surface area contributed by atoms with Crippen LogP contribution in [0.3, 0.4) is 0 Å². The molecular weight excluding hydrogens is 292 g/mol. The molecule has 1 aliphatic rings. The van der Waals surface area contributed by atoms with Crippen LogP contribution >= 0.6 is 0 Å². The van der Waals surface area contributed by atoms with Crippen molar-refractivity contribution in [2.75, 3.05) is 6.54 Å². The van der Waals surface area contributed by atoms with Crippen molar-refractivity contribution in [3.8, 4) is 0 Å². The van der Waals surface area contributed by atoms with Gasteiger partial charge in [-0.25, -0.2) is 9.97 Å². The fourth-order valence-corrected chi connectivity index (χ4v) is 3.26. The molecule has 1 N–H and O–H groups in total. The number of hydrogen-bond donors (Lipinski definition) is 1. The molecule has 3 aromatic rings. The average molecular weight is 310 g/mol. The fraction of sp³-hybridized carbons (Fsp3) is 0.375. The van der Waals surface area contributed by atoms with Gasteiger partial charge in [-0.3, -0.25) is 14.4 Å². The van der Waals surface area contributed by atoms with Gasteiger partial charge in [-0.2, -0.15) is 5.10 Å². The van der Waals surface area contributed by atoms with Crippen LogP contribution in [-0.4, -0.2) is 42.2 Å². The molecule has 118 valence electrons. The minimum Gasteiger partial charge on any atom is -0.309 e. The van der Waals surface area contributed by atoms with E-state index in [4.69, 9.17) is 0 Å². The van der Waals surface area contributed by atoms with Crippen molar-refractivity contribution in [1.29, 1.82) is 0 Å². The van der Waals surface area contributed by atoms with E-state index in [1.165, 1.54) is 0 Å². The molecule has 23 heavy (non-hydrogen) atoms. The van der Waals surface area contributed by atoms with Crippen LogP contribution in [0.2, 0.25) is 0 Å². The Morgan fingerprint density at radius 1 is 1.30 bits per heavy atom. The van der Waals surface area contributed by atoms with Crippen molar-refractivity contribution in [2.24, 2.45) is 0 Å². The molecule has 1 fully saturated rings. The van der Waals surface area contributed by atoms with E-state index in [1.54, 1.807) is 18.7 Å². The summed E-state index contributed by atoms with van der Waals surface area (Å²) in [5, 5.41) is 4.82. The molecule has 1 unspecified atom stereocenters. The molecule has 3 heterocycles. The SMILES string of the molecule is O=c1[nH]c(CN2CCCC2Cn2cncn2)nc2ccccc12. The molecule has 0 spiro atoms. The standard InChI is InChI=1S/C16H18N6O/c23-16-13-5-1-2-6-14(13)19-15(20-16)9-21-7-3-4-12(21)8-22-11-17-10-18-22/h1-2,5-6,10-12H,3-4,7-9H2,(H,19,20,23). The van der Waals surface area contributed by atoms with Crippen LogP contribution in [-0.2, 0) is 13.1 Å². The number of rotatable bonds is 4. The van der Waals surface area contributed by atoms with Crippen molar-refractivity contribution in [3.63, 3.8) is 0 Å². The second-order valence-electron chi connectivity index (χ2n) is 5.91. The van der Waals surface area contributed by atoms with Gasteiger partial charge in [-0.05, 0) is 31.5 Å². The quantitative estimate of drug-likeness (QED) is 0.783. The van der Waals surface area contributed by atoms with Gasteiger partial charge in [0.05, 0.1) is 24.0 Å². The minimum absolute atomic E-state index is 0.0716. The van der Waals surface area contributed by atoms with E-state index in [0.717, 1.165) is 37.3 Å². The summed E-state index contributed by atoms with van der Waals surface area (Å²) < 4.78 is 1.86. The summed E-state index contributed by atoms with van der Waals surface area (Å²) >= 11 is 0. The van der Waals surface area contributed by atoms with Crippen LogP contribution < -0.4 is 5.56 Å². The highest BCUT2D eigenvalue weighted by Crippen LogP contribution is 2.20. The Bertz CT molecular complexity index is 856. The minimum atomic E-state index is -0.0716. The van der Waals surface area contributed by atoms with Gasteiger partial charge in [-0.15, -0.1) is 0 Å². The molecule has 4 rings (SSSR count). The van der Waals surface area contributed by atoms with E-state index in [-0.39, 0.29) is 5.56 Å². The highest BCUT2D eigenvalue weighted by Gasteiger charge is 2.25. The number of aromatic amines is 1. The fourth-order valence-electron chi connectivity index (χ4n) is 3.26. The summed E-state index contributed by atoms with van der Waals surface area (Å²) in [7, 11) is 0. The van der Waals surface area contributed by atoms with Gasteiger partial charge >= 0.3 is 0 Å². The molecular formula is C16H18N6O. The lowest BCUT2D eigenvalue weighted by molar-refractivity contribution is 0.214. The van der Waals surface area contributed by atoms with Gasteiger partial charge in [-0.1, -0.05) is 12.1 Å². The van der Waals surface area contributed by atoms with E-state index < -0.39 is 0 Å². The molecule has 0 bridgehead atoms. The number of benzene rings is 1. The largest absolute Gasteiger partial charge is 0.309 e. The van der Waals surface area contributed by atoms with Crippen molar-refractivity contribution in [2.45, 2.75) is 32.0 Å². The first-order valence-corrected chi connectivity index (χ1v) is 7.84.